The maximum atomic E-state index is 13.3. The molecule has 1 fully saturated rings. The molecule has 1 N–H and O–H groups in total. The quantitative estimate of drug-likeness (QED) is 0.548. The van der Waals surface area contributed by atoms with Gasteiger partial charge in [-0.05, 0) is 29.8 Å². The van der Waals surface area contributed by atoms with Crippen LogP contribution in [0.4, 0.5) is 0 Å². The molecule has 6 heteroatoms. The van der Waals surface area contributed by atoms with Gasteiger partial charge in [-0.3, -0.25) is 9.69 Å². The summed E-state index contributed by atoms with van der Waals surface area (Å²) in [6, 6.07) is 18.5. The minimum Gasteiger partial charge on any atom is -0.468 e. The number of thiocarbonyl (C=S) groups is 1. The third kappa shape index (κ3) is 4.65. The Morgan fingerprint density at radius 1 is 1.25 bits per heavy atom. The van der Waals surface area contributed by atoms with Gasteiger partial charge in [0.25, 0.3) is 11.1 Å². The van der Waals surface area contributed by atoms with Crippen LogP contribution in [0.5, 0.6) is 0 Å². The van der Waals surface area contributed by atoms with E-state index < -0.39 is 18.1 Å². The third-order valence-corrected chi connectivity index (χ3v) is 4.89. The predicted molar refractivity (Wildman–Crippen MR) is 111 cm³/mol. The molecule has 1 aliphatic heterocycles. The average Bonchev–Trinajstić information content (AvgIpc) is 3.09. The first-order valence-corrected chi connectivity index (χ1v) is 9.52. The summed E-state index contributed by atoms with van der Waals surface area (Å²) in [4.78, 5) is 14.7. The molecular weight excluding hydrogens is 374 g/mol. The Balaban J connectivity index is 1.83. The van der Waals surface area contributed by atoms with Gasteiger partial charge in [0.15, 0.2) is 6.10 Å². The summed E-state index contributed by atoms with van der Waals surface area (Å²) in [5.74, 6) is -0.415. The Morgan fingerprint density at radius 2 is 1.89 bits per heavy atom. The summed E-state index contributed by atoms with van der Waals surface area (Å²) >= 11 is 5.27. The van der Waals surface area contributed by atoms with Gasteiger partial charge in [0.1, 0.15) is 12.7 Å². The molecule has 0 unspecified atom stereocenters. The second kappa shape index (κ2) is 9.59. The second-order valence-electron chi connectivity index (χ2n) is 6.53. The number of hydrogen-bond donors (Lipinski definition) is 1. The minimum atomic E-state index is -1.13. The molecule has 2 aromatic rings. The van der Waals surface area contributed by atoms with Crippen LogP contribution >= 0.6 is 12.2 Å². The number of benzene rings is 2. The van der Waals surface area contributed by atoms with Gasteiger partial charge in [-0.15, -0.1) is 6.58 Å². The molecule has 1 amide bonds. The van der Waals surface area contributed by atoms with E-state index in [1.165, 1.54) is 11.0 Å². The zero-order chi connectivity index (χ0) is 19.9. The molecule has 0 spiro atoms. The first-order chi connectivity index (χ1) is 13.6. The van der Waals surface area contributed by atoms with E-state index in [0.29, 0.717) is 18.6 Å². The third-order valence-electron chi connectivity index (χ3n) is 4.58. The molecular formula is C22H23NO4S. The van der Waals surface area contributed by atoms with Crippen molar-refractivity contribution in [2.75, 3.05) is 13.2 Å². The Hall–Kier alpha value is -2.54. The molecule has 0 saturated carbocycles. The number of hydrogen-bond acceptors (Lipinski definition) is 5. The van der Waals surface area contributed by atoms with Crippen molar-refractivity contribution in [1.82, 2.24) is 4.90 Å². The Morgan fingerprint density at radius 3 is 2.54 bits per heavy atom. The molecule has 146 valence electrons. The SMILES string of the molecule is C=CCO[C@H](C(=O)N1C(=S)OC[C@@H]1Cc1ccccc1)[C@@H](O)c1ccccc1. The highest BCUT2D eigenvalue weighted by Gasteiger charge is 2.41. The molecule has 2 aromatic carbocycles. The Labute approximate surface area is 170 Å². The van der Waals surface area contributed by atoms with Crippen LogP contribution in [0.2, 0.25) is 0 Å². The van der Waals surface area contributed by atoms with Crippen molar-refractivity contribution in [3.8, 4) is 0 Å². The monoisotopic (exact) mass is 397 g/mol. The standard InChI is InChI=1S/C22H23NO4S/c1-2-13-26-20(19(24)17-11-7-4-8-12-17)21(25)23-18(15-27-22(23)28)14-16-9-5-3-6-10-16/h2-12,18-20,24H,1,13-15H2/t18-,19-,20-/m0/s1. The molecule has 3 rings (SSSR count). The highest BCUT2D eigenvalue weighted by atomic mass is 32.1. The fourth-order valence-corrected chi connectivity index (χ4v) is 3.51. The van der Waals surface area contributed by atoms with Crippen molar-refractivity contribution in [1.29, 1.82) is 0 Å². The van der Waals surface area contributed by atoms with Crippen LogP contribution < -0.4 is 0 Å². The largest absolute Gasteiger partial charge is 0.468 e. The summed E-state index contributed by atoms with van der Waals surface area (Å²) in [6.45, 7) is 4.07. The number of carbonyl (C=O) groups is 1. The fourth-order valence-electron chi connectivity index (χ4n) is 3.20. The van der Waals surface area contributed by atoms with Crippen molar-refractivity contribution < 1.29 is 19.4 Å². The number of aliphatic hydroxyl groups excluding tert-OH is 1. The van der Waals surface area contributed by atoms with Gasteiger partial charge in [-0.2, -0.15) is 0 Å². The molecule has 3 atom stereocenters. The van der Waals surface area contributed by atoms with E-state index in [4.69, 9.17) is 21.7 Å². The maximum absolute atomic E-state index is 13.3. The van der Waals surface area contributed by atoms with Crippen molar-refractivity contribution in [3.63, 3.8) is 0 Å². The van der Waals surface area contributed by atoms with Gasteiger partial charge in [-0.1, -0.05) is 66.7 Å². The van der Waals surface area contributed by atoms with E-state index in [1.807, 2.05) is 36.4 Å². The number of amides is 1. The van der Waals surface area contributed by atoms with Crippen molar-refractivity contribution in [2.45, 2.75) is 24.7 Å². The number of nitrogens with zero attached hydrogens (tertiary/aromatic N) is 1. The maximum Gasteiger partial charge on any atom is 0.266 e. The lowest BCUT2D eigenvalue weighted by atomic mass is 10.0. The zero-order valence-electron chi connectivity index (χ0n) is 15.4. The number of aliphatic hydroxyl groups is 1. The summed E-state index contributed by atoms with van der Waals surface area (Å²) in [5.41, 5.74) is 1.67. The Kier molecular flexibility index (Phi) is 6.92. The van der Waals surface area contributed by atoms with Gasteiger partial charge < -0.3 is 14.6 Å². The van der Waals surface area contributed by atoms with Crippen LogP contribution in [-0.4, -0.2) is 46.4 Å². The summed E-state index contributed by atoms with van der Waals surface area (Å²) in [7, 11) is 0. The lowest BCUT2D eigenvalue weighted by molar-refractivity contribution is -0.147. The van der Waals surface area contributed by atoms with Crippen molar-refractivity contribution in [2.24, 2.45) is 0 Å². The lowest BCUT2D eigenvalue weighted by Crippen LogP contribution is -2.48. The van der Waals surface area contributed by atoms with E-state index in [1.54, 1.807) is 24.3 Å². The van der Waals surface area contributed by atoms with Gasteiger partial charge in [-0.25, -0.2) is 0 Å². The highest BCUT2D eigenvalue weighted by molar-refractivity contribution is 7.80. The highest BCUT2D eigenvalue weighted by Crippen LogP contribution is 2.25. The van der Waals surface area contributed by atoms with Crippen molar-refractivity contribution in [3.05, 3.63) is 84.4 Å². The smallest absolute Gasteiger partial charge is 0.266 e. The average molecular weight is 397 g/mol. The van der Waals surface area contributed by atoms with E-state index >= 15 is 0 Å². The number of ether oxygens (including phenoxy) is 2. The van der Waals surface area contributed by atoms with E-state index in [0.717, 1.165) is 5.56 Å². The summed E-state index contributed by atoms with van der Waals surface area (Å²) in [5, 5.41) is 10.9. The van der Waals surface area contributed by atoms with Crippen molar-refractivity contribution >= 4 is 23.3 Å². The fraction of sp³-hybridized carbons (Fsp3) is 0.273. The normalized spacial score (nSPS) is 18.4. The van der Waals surface area contributed by atoms with Crippen LogP contribution in [0.1, 0.15) is 17.2 Å². The molecule has 1 aliphatic rings. The molecule has 0 radical (unpaired) electrons. The number of rotatable bonds is 8. The van der Waals surface area contributed by atoms with Gasteiger partial charge >= 0.3 is 0 Å². The first-order valence-electron chi connectivity index (χ1n) is 9.11. The van der Waals surface area contributed by atoms with Crippen LogP contribution in [-0.2, 0) is 20.7 Å². The van der Waals surface area contributed by atoms with E-state index in [-0.39, 0.29) is 17.8 Å². The topological polar surface area (TPSA) is 59.0 Å². The molecule has 0 bridgehead atoms. The van der Waals surface area contributed by atoms with Gasteiger partial charge in [0.2, 0.25) is 0 Å². The van der Waals surface area contributed by atoms with Gasteiger partial charge in [0, 0.05) is 0 Å². The molecule has 1 heterocycles. The van der Waals surface area contributed by atoms with E-state index in [9.17, 15) is 9.90 Å². The lowest BCUT2D eigenvalue weighted by Gasteiger charge is -2.29. The molecule has 5 nitrogen and oxygen atoms in total. The summed E-state index contributed by atoms with van der Waals surface area (Å²) in [6.07, 6.45) is -0.103. The molecule has 1 saturated heterocycles. The molecule has 0 aliphatic carbocycles. The molecule has 0 aromatic heterocycles. The van der Waals surface area contributed by atoms with Crippen LogP contribution in [0, 0.1) is 0 Å². The van der Waals surface area contributed by atoms with E-state index in [2.05, 4.69) is 6.58 Å². The number of carbonyl (C=O) groups excluding carboxylic acids is 1. The van der Waals surface area contributed by atoms with Crippen LogP contribution in [0.15, 0.2) is 73.3 Å². The first kappa shape index (κ1) is 20.2. The Bertz CT molecular complexity index is 812. The van der Waals surface area contributed by atoms with Crippen LogP contribution in [0.3, 0.4) is 0 Å². The van der Waals surface area contributed by atoms with Gasteiger partial charge in [0.05, 0.1) is 12.6 Å². The van der Waals surface area contributed by atoms with Crippen LogP contribution in [0.25, 0.3) is 0 Å². The zero-order valence-corrected chi connectivity index (χ0v) is 16.3. The summed E-state index contributed by atoms with van der Waals surface area (Å²) < 4.78 is 11.1. The second-order valence-corrected chi connectivity index (χ2v) is 6.88. The minimum absolute atomic E-state index is 0.110. The molecule has 28 heavy (non-hydrogen) atoms. The predicted octanol–water partition coefficient (Wildman–Crippen LogP) is 3.05.